The molecule has 0 aliphatic rings. The molecular formula is C65H102O6. The summed E-state index contributed by atoms with van der Waals surface area (Å²) in [7, 11) is 0. The quantitative estimate of drug-likeness (QED) is 0.0262. The van der Waals surface area contributed by atoms with Gasteiger partial charge in [0.25, 0.3) is 0 Å². The third-order valence-electron chi connectivity index (χ3n) is 11.3. The highest BCUT2D eigenvalue weighted by Gasteiger charge is 2.19. The highest BCUT2D eigenvalue weighted by atomic mass is 16.6. The predicted molar refractivity (Wildman–Crippen MR) is 306 cm³/mol. The fourth-order valence-electron chi connectivity index (χ4n) is 7.12. The third kappa shape index (κ3) is 56.1. The van der Waals surface area contributed by atoms with Crippen LogP contribution in [0.2, 0.25) is 0 Å². The van der Waals surface area contributed by atoms with E-state index in [0.29, 0.717) is 19.3 Å². The van der Waals surface area contributed by atoms with E-state index in [4.69, 9.17) is 14.2 Å². The first-order valence-corrected chi connectivity index (χ1v) is 28.3. The first-order valence-electron chi connectivity index (χ1n) is 28.3. The van der Waals surface area contributed by atoms with E-state index in [1.54, 1.807) is 0 Å². The van der Waals surface area contributed by atoms with E-state index < -0.39 is 6.10 Å². The van der Waals surface area contributed by atoms with Crippen LogP contribution in [0.1, 0.15) is 226 Å². The Morgan fingerprint density at radius 1 is 0.296 bits per heavy atom. The highest BCUT2D eigenvalue weighted by molar-refractivity contribution is 5.71. The van der Waals surface area contributed by atoms with Gasteiger partial charge in [-0.25, -0.2) is 0 Å². The molecule has 6 heteroatoms. The summed E-state index contributed by atoms with van der Waals surface area (Å²) in [6.45, 7) is 6.30. The number of esters is 3. The zero-order valence-electron chi connectivity index (χ0n) is 45.4. The molecule has 0 spiro atoms. The Morgan fingerprint density at radius 3 is 0.915 bits per heavy atom. The number of carbonyl (C=O) groups is 3. The molecule has 0 aromatic rings. The smallest absolute Gasteiger partial charge is 0.306 e. The van der Waals surface area contributed by atoms with E-state index in [-0.39, 0.29) is 37.5 Å². The number of allylic oxidation sites excluding steroid dienone is 24. The lowest BCUT2D eigenvalue weighted by molar-refractivity contribution is -0.167. The van der Waals surface area contributed by atoms with E-state index in [0.717, 1.165) is 141 Å². The highest BCUT2D eigenvalue weighted by Crippen LogP contribution is 2.12. The van der Waals surface area contributed by atoms with Gasteiger partial charge in [-0.15, -0.1) is 0 Å². The molecule has 0 bridgehead atoms. The zero-order chi connectivity index (χ0) is 51.4. The van der Waals surface area contributed by atoms with Gasteiger partial charge in [0.15, 0.2) is 6.10 Å². The summed E-state index contributed by atoms with van der Waals surface area (Å²) in [5.74, 6) is -1.02. The lowest BCUT2D eigenvalue weighted by atomic mass is 10.1. The summed E-state index contributed by atoms with van der Waals surface area (Å²) in [6, 6.07) is 0. The average molecular weight is 980 g/mol. The molecule has 6 nitrogen and oxygen atoms in total. The van der Waals surface area contributed by atoms with Crippen molar-refractivity contribution in [3.63, 3.8) is 0 Å². The van der Waals surface area contributed by atoms with Gasteiger partial charge in [0.05, 0.1) is 0 Å². The minimum Gasteiger partial charge on any atom is -0.462 e. The standard InChI is InChI=1S/C65H102O6/c1-4-7-10-13-16-19-22-25-27-29-30-31-32-33-34-36-37-40-43-46-49-52-55-58-64(67)70-61-62(60-69-63(66)57-54-51-48-45-42-39-24-21-18-15-12-9-6-3)71-65(68)59-56-53-50-47-44-41-38-35-28-26-23-20-17-14-11-8-5-2/h7-8,10-11,16-17,19-21,24-28,30-31,33-34,37-38,40-41,47,50,62H,4-6,9,12-15,18,22-23,29,32,35-36,39,42-46,48-49,51-61H2,1-3H3/b10-7-,11-8-,19-16-,20-17-,24-21-,27-25-,28-26-,31-30-,34-33-,40-37-,41-38-,50-47-. The van der Waals surface area contributed by atoms with Crippen LogP contribution >= 0.6 is 0 Å². The molecule has 1 atom stereocenters. The normalized spacial score (nSPS) is 13.2. The summed E-state index contributed by atoms with van der Waals surface area (Å²) >= 11 is 0. The van der Waals surface area contributed by atoms with Crippen molar-refractivity contribution in [3.05, 3.63) is 146 Å². The van der Waals surface area contributed by atoms with Crippen molar-refractivity contribution in [2.24, 2.45) is 0 Å². The van der Waals surface area contributed by atoms with Crippen LogP contribution in [-0.4, -0.2) is 37.2 Å². The number of carbonyl (C=O) groups excluding carboxylic acids is 3. The Bertz CT molecular complexity index is 1590. The van der Waals surface area contributed by atoms with Gasteiger partial charge in [-0.3, -0.25) is 14.4 Å². The van der Waals surface area contributed by atoms with Gasteiger partial charge in [0, 0.05) is 19.3 Å². The van der Waals surface area contributed by atoms with Gasteiger partial charge in [-0.2, -0.15) is 0 Å². The van der Waals surface area contributed by atoms with E-state index in [1.807, 2.05) is 0 Å². The maximum absolute atomic E-state index is 12.8. The maximum Gasteiger partial charge on any atom is 0.306 e. The van der Waals surface area contributed by atoms with Crippen molar-refractivity contribution in [1.29, 1.82) is 0 Å². The van der Waals surface area contributed by atoms with Gasteiger partial charge in [0.2, 0.25) is 0 Å². The zero-order valence-corrected chi connectivity index (χ0v) is 45.4. The molecule has 0 amide bonds. The molecule has 0 N–H and O–H groups in total. The molecule has 0 aromatic carbocycles. The Hall–Kier alpha value is -4.71. The van der Waals surface area contributed by atoms with Gasteiger partial charge >= 0.3 is 17.9 Å². The number of rotatable bonds is 49. The predicted octanol–water partition coefficient (Wildman–Crippen LogP) is 19.2. The molecule has 0 aliphatic carbocycles. The molecule has 0 fully saturated rings. The Labute approximate surface area is 436 Å². The first-order chi connectivity index (χ1) is 35.0. The maximum atomic E-state index is 12.8. The number of hydrogen-bond acceptors (Lipinski definition) is 6. The van der Waals surface area contributed by atoms with Crippen LogP contribution in [0.3, 0.4) is 0 Å². The van der Waals surface area contributed by atoms with Gasteiger partial charge in [0.1, 0.15) is 13.2 Å². The molecule has 0 radical (unpaired) electrons. The van der Waals surface area contributed by atoms with Crippen molar-refractivity contribution < 1.29 is 28.6 Å². The largest absolute Gasteiger partial charge is 0.462 e. The van der Waals surface area contributed by atoms with Gasteiger partial charge in [-0.05, 0) is 135 Å². The minimum absolute atomic E-state index is 0.119. The molecule has 398 valence electrons. The van der Waals surface area contributed by atoms with Crippen molar-refractivity contribution in [2.45, 2.75) is 232 Å². The number of hydrogen-bond donors (Lipinski definition) is 0. The SMILES string of the molecule is CC/C=C\C/C=C\C/C=C\C/C=C\C/C=C\C/C=C\CCCCCCC(=O)OCC(COC(=O)CCCCCCC/C=C\CCCCCC)OC(=O)CCC/C=C\C/C=C\C/C=C\C/C=C\C/C=C\CC. The Kier molecular flexibility index (Phi) is 54.0. The molecule has 0 aliphatic heterocycles. The summed E-state index contributed by atoms with van der Waals surface area (Å²) in [4.78, 5) is 38.1. The van der Waals surface area contributed by atoms with E-state index in [2.05, 4.69) is 167 Å². The lowest BCUT2D eigenvalue weighted by Crippen LogP contribution is -2.30. The molecule has 0 saturated carbocycles. The number of unbranched alkanes of at least 4 members (excludes halogenated alkanes) is 14. The average Bonchev–Trinajstić information content (AvgIpc) is 3.37. The molecule has 71 heavy (non-hydrogen) atoms. The van der Waals surface area contributed by atoms with Crippen LogP contribution in [-0.2, 0) is 28.6 Å². The van der Waals surface area contributed by atoms with Crippen LogP contribution in [0.15, 0.2) is 146 Å². The molecular weight excluding hydrogens is 877 g/mol. The van der Waals surface area contributed by atoms with Crippen LogP contribution in [0.25, 0.3) is 0 Å². The van der Waals surface area contributed by atoms with Gasteiger partial charge < -0.3 is 14.2 Å². The van der Waals surface area contributed by atoms with E-state index >= 15 is 0 Å². The minimum atomic E-state index is -0.829. The summed E-state index contributed by atoms with van der Waals surface area (Å²) in [5.41, 5.74) is 0. The molecule has 0 rings (SSSR count). The second kappa shape index (κ2) is 57.9. The van der Waals surface area contributed by atoms with Crippen LogP contribution < -0.4 is 0 Å². The second-order valence-electron chi connectivity index (χ2n) is 18.1. The number of ether oxygens (including phenoxy) is 3. The van der Waals surface area contributed by atoms with Crippen LogP contribution in [0, 0.1) is 0 Å². The first kappa shape index (κ1) is 66.3. The van der Waals surface area contributed by atoms with E-state index in [9.17, 15) is 14.4 Å². The summed E-state index contributed by atoms with van der Waals surface area (Å²) in [6.07, 6.45) is 82.7. The molecule has 0 saturated heterocycles. The van der Waals surface area contributed by atoms with Crippen molar-refractivity contribution in [1.82, 2.24) is 0 Å². The summed E-state index contributed by atoms with van der Waals surface area (Å²) < 4.78 is 16.8. The Morgan fingerprint density at radius 2 is 0.563 bits per heavy atom. The monoisotopic (exact) mass is 979 g/mol. The van der Waals surface area contributed by atoms with E-state index in [1.165, 1.54) is 38.5 Å². The topological polar surface area (TPSA) is 78.9 Å². The fraction of sp³-hybridized carbons (Fsp3) is 0.585. The van der Waals surface area contributed by atoms with Crippen LogP contribution in [0.5, 0.6) is 0 Å². The molecule has 1 unspecified atom stereocenters. The van der Waals surface area contributed by atoms with Crippen LogP contribution in [0.4, 0.5) is 0 Å². The third-order valence-corrected chi connectivity index (χ3v) is 11.3. The lowest BCUT2D eigenvalue weighted by Gasteiger charge is -2.18. The second-order valence-corrected chi connectivity index (χ2v) is 18.1. The molecule has 0 heterocycles. The van der Waals surface area contributed by atoms with Crippen molar-refractivity contribution >= 4 is 17.9 Å². The van der Waals surface area contributed by atoms with Crippen molar-refractivity contribution in [3.8, 4) is 0 Å². The Balaban J connectivity index is 4.53. The molecule has 0 aromatic heterocycles. The van der Waals surface area contributed by atoms with Gasteiger partial charge in [-0.1, -0.05) is 218 Å². The summed E-state index contributed by atoms with van der Waals surface area (Å²) in [5, 5.41) is 0. The fourth-order valence-corrected chi connectivity index (χ4v) is 7.12. The van der Waals surface area contributed by atoms with Crippen molar-refractivity contribution in [2.75, 3.05) is 13.2 Å².